The highest BCUT2D eigenvalue weighted by atomic mass is 79.9. The second kappa shape index (κ2) is 4.74. The van der Waals surface area contributed by atoms with Crippen molar-refractivity contribution in [1.82, 2.24) is 0 Å². The second-order valence-electron chi connectivity index (χ2n) is 2.78. The van der Waals surface area contributed by atoms with Gasteiger partial charge in [-0.05, 0) is 31.9 Å². The highest BCUT2D eigenvalue weighted by molar-refractivity contribution is 9.11. The third kappa shape index (κ3) is 2.47. The van der Waals surface area contributed by atoms with Gasteiger partial charge in [0.15, 0.2) is 5.03 Å². The molecule has 86 valence electrons. The molecule has 1 aromatic rings. The lowest BCUT2D eigenvalue weighted by Gasteiger charge is -2.11. The molecule has 1 rings (SSSR count). The van der Waals surface area contributed by atoms with Gasteiger partial charge in [0.2, 0.25) is 0 Å². The van der Waals surface area contributed by atoms with E-state index in [0.29, 0.717) is 0 Å². The number of benzene rings is 1. The van der Waals surface area contributed by atoms with Crippen LogP contribution in [0.1, 0.15) is 0 Å². The van der Waals surface area contributed by atoms with Gasteiger partial charge in [0.1, 0.15) is 5.69 Å². The highest BCUT2D eigenvalue weighted by Crippen LogP contribution is 2.37. The Hall–Kier alpha value is -1.22. The Labute approximate surface area is 107 Å². The predicted octanol–water partition coefficient (Wildman–Crippen LogP) is 2.75. The molecule has 0 bridgehead atoms. The van der Waals surface area contributed by atoms with Gasteiger partial charge in [-0.1, -0.05) is 5.01 Å². The normalized spacial score (nSPS) is 9.94. The van der Waals surface area contributed by atoms with Gasteiger partial charge < -0.3 is 0 Å². The van der Waals surface area contributed by atoms with Gasteiger partial charge in [-0.25, -0.2) is 10.1 Å². The highest BCUT2D eigenvalue weighted by Gasteiger charge is 2.22. The van der Waals surface area contributed by atoms with Gasteiger partial charge in [0, 0.05) is 12.1 Å². The van der Waals surface area contributed by atoms with Crippen LogP contribution in [-0.4, -0.2) is 17.0 Å². The van der Waals surface area contributed by atoms with Crippen LogP contribution >= 0.6 is 31.9 Å². The lowest BCUT2D eigenvalue weighted by atomic mass is 10.3. The molecule has 1 aromatic carbocycles. The Morgan fingerprint density at radius 1 is 1.19 bits per heavy atom. The van der Waals surface area contributed by atoms with Crippen LogP contribution in [0.4, 0.5) is 11.4 Å². The molecule has 0 radical (unpaired) electrons. The average molecular weight is 355 g/mol. The van der Waals surface area contributed by atoms with Gasteiger partial charge >= 0.3 is 0 Å². The van der Waals surface area contributed by atoms with Gasteiger partial charge in [0.05, 0.1) is 20.9 Å². The number of halogens is 2. The first-order valence-corrected chi connectivity index (χ1v) is 5.44. The number of non-ortho nitro benzene ring substituents is 1. The summed E-state index contributed by atoms with van der Waals surface area (Å²) in [5.74, 6) is 0. The topological polar surface area (TPSA) is 89.5 Å². The van der Waals surface area contributed by atoms with Crippen molar-refractivity contribution in [3.05, 3.63) is 41.3 Å². The van der Waals surface area contributed by atoms with Gasteiger partial charge in [-0.3, -0.25) is 10.1 Å². The Morgan fingerprint density at radius 2 is 1.62 bits per heavy atom. The van der Waals surface area contributed by atoms with Crippen LogP contribution in [0.3, 0.4) is 0 Å². The molecule has 0 saturated carbocycles. The van der Waals surface area contributed by atoms with E-state index in [1.165, 1.54) is 19.2 Å². The van der Waals surface area contributed by atoms with E-state index in [-0.39, 0.29) is 20.3 Å². The molecular weight excluding hydrogens is 350 g/mol. The van der Waals surface area contributed by atoms with Crippen molar-refractivity contribution in [2.75, 3.05) is 12.1 Å². The van der Waals surface area contributed by atoms with E-state index in [1.54, 1.807) is 0 Å². The third-order valence-electron chi connectivity index (χ3n) is 1.78. The largest absolute Gasteiger partial charge is 0.271 e. The summed E-state index contributed by atoms with van der Waals surface area (Å²) in [5, 5.41) is 21.2. The standard InChI is InChI=1S/C7H5Br2N3O4/c1-10(12(15)16)7-5(8)2-4(11(13)14)3-6(7)9/h2-3H,1H3. The molecule has 0 aliphatic rings. The Bertz CT molecular complexity index is 442. The molecule has 0 fully saturated rings. The smallest absolute Gasteiger partial charge is 0.258 e. The summed E-state index contributed by atoms with van der Waals surface area (Å²) < 4.78 is 0.542. The van der Waals surface area contributed by atoms with E-state index in [1.807, 2.05) is 0 Å². The fourth-order valence-electron chi connectivity index (χ4n) is 1.05. The fourth-order valence-corrected chi connectivity index (χ4v) is 2.72. The third-order valence-corrected chi connectivity index (χ3v) is 2.99. The maximum Gasteiger partial charge on any atom is 0.271 e. The van der Waals surface area contributed by atoms with Crippen molar-refractivity contribution < 1.29 is 9.96 Å². The van der Waals surface area contributed by atoms with Crippen molar-refractivity contribution in [2.24, 2.45) is 0 Å². The molecule has 0 N–H and O–H groups in total. The zero-order chi connectivity index (χ0) is 12.5. The molecule has 0 heterocycles. The molecule has 0 atom stereocenters. The van der Waals surface area contributed by atoms with E-state index < -0.39 is 9.96 Å². The molecule has 0 aliphatic heterocycles. The lowest BCUT2D eigenvalue weighted by molar-refractivity contribution is -0.490. The van der Waals surface area contributed by atoms with Crippen LogP contribution in [0.25, 0.3) is 0 Å². The van der Waals surface area contributed by atoms with Crippen molar-refractivity contribution >= 4 is 43.2 Å². The van der Waals surface area contributed by atoms with E-state index >= 15 is 0 Å². The lowest BCUT2D eigenvalue weighted by Crippen LogP contribution is -2.25. The summed E-state index contributed by atoms with van der Waals surface area (Å²) in [5.41, 5.74) is 0.0647. The molecule has 0 aromatic heterocycles. The van der Waals surface area contributed by atoms with Crippen molar-refractivity contribution in [3.63, 3.8) is 0 Å². The Kier molecular flexibility index (Phi) is 3.81. The summed E-state index contributed by atoms with van der Waals surface area (Å²) >= 11 is 6.11. The molecule has 0 amide bonds. The summed E-state index contributed by atoms with van der Waals surface area (Å²) in [6.07, 6.45) is 0. The van der Waals surface area contributed by atoms with Crippen molar-refractivity contribution in [1.29, 1.82) is 0 Å². The monoisotopic (exact) mass is 353 g/mol. The zero-order valence-electron chi connectivity index (χ0n) is 7.89. The Morgan fingerprint density at radius 3 is 1.94 bits per heavy atom. The minimum absolute atomic E-state index is 0.153. The minimum atomic E-state index is -0.628. The number of hydrogen-bond acceptors (Lipinski definition) is 4. The molecule has 0 spiro atoms. The summed E-state index contributed by atoms with van der Waals surface area (Å²) in [6, 6.07) is 2.42. The van der Waals surface area contributed by atoms with Crippen LogP contribution in [0.5, 0.6) is 0 Å². The van der Waals surface area contributed by atoms with Crippen molar-refractivity contribution in [2.45, 2.75) is 0 Å². The molecule has 7 nitrogen and oxygen atoms in total. The van der Waals surface area contributed by atoms with E-state index in [0.717, 1.165) is 5.01 Å². The van der Waals surface area contributed by atoms with Gasteiger partial charge in [0.25, 0.3) is 5.69 Å². The molecule has 9 heteroatoms. The number of nitro benzene ring substituents is 1. The molecule has 0 aliphatic carbocycles. The van der Waals surface area contributed by atoms with E-state index in [2.05, 4.69) is 31.9 Å². The first kappa shape index (κ1) is 12.8. The SMILES string of the molecule is CN(c1c(Br)cc([N+](=O)[O-])cc1Br)[N+](=O)[O-]. The van der Waals surface area contributed by atoms with Crippen molar-refractivity contribution in [3.8, 4) is 0 Å². The molecular formula is C7H5Br2N3O4. The first-order valence-electron chi connectivity index (χ1n) is 3.86. The number of anilines is 1. The van der Waals surface area contributed by atoms with Crippen LogP contribution in [-0.2, 0) is 0 Å². The quantitative estimate of drug-likeness (QED) is 0.615. The number of nitrogens with zero attached hydrogens (tertiary/aromatic N) is 3. The molecule has 0 unspecified atom stereocenters. The number of hydrogen-bond donors (Lipinski definition) is 0. The zero-order valence-corrected chi connectivity index (χ0v) is 11.1. The van der Waals surface area contributed by atoms with E-state index in [9.17, 15) is 20.2 Å². The van der Waals surface area contributed by atoms with Gasteiger partial charge in [-0.2, -0.15) is 0 Å². The number of nitro groups is 2. The minimum Gasteiger partial charge on any atom is -0.258 e. The molecule has 16 heavy (non-hydrogen) atoms. The van der Waals surface area contributed by atoms with Crippen LogP contribution in [0, 0.1) is 20.2 Å². The maximum absolute atomic E-state index is 10.6. The van der Waals surface area contributed by atoms with Crippen LogP contribution < -0.4 is 5.01 Å². The van der Waals surface area contributed by atoms with E-state index in [4.69, 9.17) is 0 Å². The first-order chi connectivity index (χ1) is 7.34. The second-order valence-corrected chi connectivity index (χ2v) is 4.49. The predicted molar refractivity (Wildman–Crippen MR) is 63.9 cm³/mol. The summed E-state index contributed by atoms with van der Waals surface area (Å²) in [4.78, 5) is 20.5. The molecule has 0 saturated heterocycles. The number of rotatable bonds is 3. The fraction of sp³-hybridized carbons (Fsp3) is 0.143. The van der Waals surface area contributed by atoms with Gasteiger partial charge in [-0.15, -0.1) is 0 Å². The van der Waals surface area contributed by atoms with Crippen LogP contribution in [0.15, 0.2) is 21.1 Å². The summed E-state index contributed by atoms with van der Waals surface area (Å²) in [6.45, 7) is 0. The maximum atomic E-state index is 10.6. The Balaban J connectivity index is 3.33. The van der Waals surface area contributed by atoms with Crippen LogP contribution in [0.2, 0.25) is 0 Å². The summed E-state index contributed by atoms with van der Waals surface area (Å²) in [7, 11) is 1.25. The average Bonchev–Trinajstić information content (AvgIpc) is 2.15. The number of hydrazine groups is 1.